The fourth-order valence-corrected chi connectivity index (χ4v) is 7.64. The van der Waals surface area contributed by atoms with Gasteiger partial charge in [-0.25, -0.2) is 9.97 Å². The highest BCUT2D eigenvalue weighted by molar-refractivity contribution is 6.12. The summed E-state index contributed by atoms with van der Waals surface area (Å²) in [5, 5.41) is 5.58. The molecule has 5 heterocycles. The summed E-state index contributed by atoms with van der Waals surface area (Å²) in [6.07, 6.45) is 1.75. The molecule has 11 rings (SSSR count). The molecule has 1 aliphatic heterocycles. The molecule has 0 fully saturated rings. The van der Waals surface area contributed by atoms with Crippen molar-refractivity contribution >= 4 is 54.6 Å². The van der Waals surface area contributed by atoms with Gasteiger partial charge in [0, 0.05) is 39.0 Å². The predicted octanol–water partition coefficient (Wildman–Crippen LogP) is 10.7. The number of benzene rings is 6. The smallest absolute Gasteiger partial charge is 0.237 e. The van der Waals surface area contributed by atoms with E-state index in [1.165, 1.54) is 27.4 Å². The van der Waals surface area contributed by atoms with Gasteiger partial charge >= 0.3 is 0 Å². The van der Waals surface area contributed by atoms with Crippen LogP contribution in [0.2, 0.25) is 0 Å². The molecule has 0 N–H and O–H groups in total. The van der Waals surface area contributed by atoms with Crippen LogP contribution in [0.5, 0.6) is 11.5 Å². The first kappa shape index (κ1) is 26.3. The van der Waals surface area contributed by atoms with E-state index in [1.807, 2.05) is 30.3 Å². The molecule has 0 bridgehead atoms. The fraction of sp³-hybridized carbons (Fsp3) is 0. The third kappa shape index (κ3) is 3.74. The minimum atomic E-state index is 0.581. The highest BCUT2D eigenvalue weighted by Crippen LogP contribution is 2.45. The minimum absolute atomic E-state index is 0.581. The molecule has 0 unspecified atom stereocenters. The highest BCUT2D eigenvalue weighted by atomic mass is 16.5. The lowest BCUT2D eigenvalue weighted by Crippen LogP contribution is -2.07. The number of hydrogen-bond donors (Lipinski definition) is 0. The van der Waals surface area contributed by atoms with E-state index in [-0.39, 0.29) is 0 Å². The summed E-state index contributed by atoms with van der Waals surface area (Å²) in [5.74, 6) is 2.08. The van der Waals surface area contributed by atoms with E-state index < -0.39 is 0 Å². The Balaban J connectivity index is 1.12. The Labute approximate surface area is 280 Å². The van der Waals surface area contributed by atoms with Crippen molar-refractivity contribution in [2.75, 3.05) is 0 Å². The van der Waals surface area contributed by atoms with E-state index in [0.717, 1.165) is 61.2 Å². The lowest BCUT2D eigenvalue weighted by atomic mass is 10.0. The Hall–Kier alpha value is -6.79. The zero-order chi connectivity index (χ0) is 32.1. The fourth-order valence-electron chi connectivity index (χ4n) is 7.64. The molecule has 10 aromatic rings. The molecule has 0 saturated heterocycles. The van der Waals surface area contributed by atoms with Crippen LogP contribution in [0, 0.1) is 0 Å². The molecule has 228 valence electrons. The molecule has 0 atom stereocenters. The van der Waals surface area contributed by atoms with Crippen molar-refractivity contribution in [2.24, 2.45) is 0 Å². The molecule has 0 saturated carbocycles. The van der Waals surface area contributed by atoms with Gasteiger partial charge < -0.3 is 9.30 Å². The van der Waals surface area contributed by atoms with E-state index in [9.17, 15) is 0 Å². The Morgan fingerprint density at radius 2 is 1.08 bits per heavy atom. The molecule has 0 spiro atoms. The average Bonchev–Trinajstić information content (AvgIpc) is 3.67. The Morgan fingerprint density at radius 1 is 0.469 bits per heavy atom. The summed E-state index contributed by atoms with van der Waals surface area (Å²) in [7, 11) is 0. The standard InChI is InChI=1S/C43H25N5O/c1-2-10-28(11-3-1)47-34-15-7-4-12-29(34)32-24-26(18-20-36(32)47)27-19-21-37-33(25-27)30-13-5-8-16-35(30)48(37)43-45-41-31-14-6-9-17-38(31)49-39-22-23-44-42(46-43)40(39)41/h1-25H. The number of hydrogen-bond acceptors (Lipinski definition) is 4. The second kappa shape index (κ2) is 9.86. The van der Waals surface area contributed by atoms with Crippen molar-refractivity contribution in [3.8, 4) is 45.5 Å². The molecular weight excluding hydrogens is 603 g/mol. The van der Waals surface area contributed by atoms with E-state index in [2.05, 4.69) is 129 Å². The van der Waals surface area contributed by atoms with Crippen molar-refractivity contribution in [3.63, 3.8) is 0 Å². The summed E-state index contributed by atoms with van der Waals surface area (Å²) in [6.45, 7) is 0. The molecular formula is C43H25N5O. The SMILES string of the molecule is c1ccc(-n2c3ccccc3c3cc(-c4ccc5c(c4)c4ccccc4n5-c4nc5c6c(ccnc6n4)Oc4ccccc4-5)ccc32)cc1. The maximum absolute atomic E-state index is 6.22. The first-order chi connectivity index (χ1) is 24.3. The summed E-state index contributed by atoms with van der Waals surface area (Å²) >= 11 is 0. The zero-order valence-corrected chi connectivity index (χ0v) is 26.1. The third-order valence-corrected chi connectivity index (χ3v) is 9.80. The van der Waals surface area contributed by atoms with Crippen LogP contribution in [0.25, 0.3) is 88.7 Å². The second-order valence-corrected chi connectivity index (χ2v) is 12.5. The van der Waals surface area contributed by atoms with E-state index >= 15 is 0 Å². The number of ether oxygens (including phenoxy) is 1. The van der Waals surface area contributed by atoms with E-state index in [1.54, 1.807) is 6.20 Å². The molecule has 0 amide bonds. The third-order valence-electron chi connectivity index (χ3n) is 9.80. The minimum Gasteiger partial charge on any atom is -0.456 e. The van der Waals surface area contributed by atoms with Gasteiger partial charge in [-0.1, -0.05) is 78.9 Å². The first-order valence-corrected chi connectivity index (χ1v) is 16.4. The van der Waals surface area contributed by atoms with Gasteiger partial charge in [-0.05, 0) is 77.9 Å². The van der Waals surface area contributed by atoms with Crippen LogP contribution in [0.4, 0.5) is 0 Å². The van der Waals surface area contributed by atoms with Gasteiger partial charge in [0.1, 0.15) is 11.5 Å². The van der Waals surface area contributed by atoms with Gasteiger partial charge in [0.25, 0.3) is 0 Å². The Morgan fingerprint density at radius 3 is 1.84 bits per heavy atom. The van der Waals surface area contributed by atoms with Crippen LogP contribution in [-0.4, -0.2) is 24.1 Å². The van der Waals surface area contributed by atoms with E-state index in [4.69, 9.17) is 14.7 Å². The zero-order valence-electron chi connectivity index (χ0n) is 26.1. The number of aromatic nitrogens is 5. The van der Waals surface area contributed by atoms with Crippen molar-refractivity contribution in [1.29, 1.82) is 0 Å². The number of para-hydroxylation sites is 4. The molecule has 6 aromatic carbocycles. The van der Waals surface area contributed by atoms with Crippen LogP contribution in [0.15, 0.2) is 152 Å². The van der Waals surface area contributed by atoms with E-state index in [0.29, 0.717) is 11.6 Å². The van der Waals surface area contributed by atoms with Crippen molar-refractivity contribution < 1.29 is 4.74 Å². The quantitative estimate of drug-likeness (QED) is 0.196. The molecule has 6 heteroatoms. The normalized spacial score (nSPS) is 12.2. The monoisotopic (exact) mass is 627 g/mol. The van der Waals surface area contributed by atoms with Crippen molar-refractivity contribution in [1.82, 2.24) is 24.1 Å². The molecule has 1 aliphatic rings. The Kier molecular flexibility index (Phi) is 5.29. The maximum Gasteiger partial charge on any atom is 0.237 e. The average molecular weight is 628 g/mol. The van der Waals surface area contributed by atoms with Gasteiger partial charge in [0.15, 0.2) is 5.65 Å². The molecule has 0 radical (unpaired) electrons. The largest absolute Gasteiger partial charge is 0.456 e. The molecule has 0 aliphatic carbocycles. The van der Waals surface area contributed by atoms with Crippen LogP contribution in [0.1, 0.15) is 0 Å². The van der Waals surface area contributed by atoms with Crippen LogP contribution in [0.3, 0.4) is 0 Å². The lowest BCUT2D eigenvalue weighted by molar-refractivity contribution is 0.485. The molecule has 4 aromatic heterocycles. The number of fused-ring (bicyclic) bond motifs is 8. The molecule has 49 heavy (non-hydrogen) atoms. The molecule has 6 nitrogen and oxygen atoms in total. The summed E-state index contributed by atoms with van der Waals surface area (Å²) in [5.41, 5.74) is 10.3. The first-order valence-electron chi connectivity index (χ1n) is 16.4. The highest BCUT2D eigenvalue weighted by Gasteiger charge is 2.25. The second-order valence-electron chi connectivity index (χ2n) is 12.5. The van der Waals surface area contributed by atoms with Crippen LogP contribution < -0.4 is 4.74 Å². The topological polar surface area (TPSA) is 57.8 Å². The lowest BCUT2D eigenvalue weighted by Gasteiger charge is -2.20. The Bertz CT molecular complexity index is 2980. The van der Waals surface area contributed by atoms with Gasteiger partial charge in [-0.15, -0.1) is 0 Å². The summed E-state index contributed by atoms with van der Waals surface area (Å²) in [4.78, 5) is 14.9. The number of nitrogens with zero attached hydrogens (tertiary/aromatic N) is 5. The van der Waals surface area contributed by atoms with Gasteiger partial charge in [0.2, 0.25) is 5.95 Å². The summed E-state index contributed by atoms with van der Waals surface area (Å²) in [6, 6.07) is 51.1. The van der Waals surface area contributed by atoms with Crippen molar-refractivity contribution in [2.45, 2.75) is 0 Å². The summed E-state index contributed by atoms with van der Waals surface area (Å²) < 4.78 is 10.7. The van der Waals surface area contributed by atoms with Gasteiger partial charge in [0.05, 0.1) is 33.1 Å². The number of pyridine rings is 1. The van der Waals surface area contributed by atoms with Crippen LogP contribution >= 0.6 is 0 Å². The van der Waals surface area contributed by atoms with Crippen molar-refractivity contribution in [3.05, 3.63) is 152 Å². The van der Waals surface area contributed by atoms with Crippen LogP contribution in [-0.2, 0) is 0 Å². The van der Waals surface area contributed by atoms with Gasteiger partial charge in [-0.3, -0.25) is 4.57 Å². The maximum atomic E-state index is 6.22. The number of rotatable bonds is 3. The van der Waals surface area contributed by atoms with Gasteiger partial charge in [-0.2, -0.15) is 4.98 Å². The predicted molar refractivity (Wildman–Crippen MR) is 197 cm³/mol.